The third-order valence-electron chi connectivity index (χ3n) is 4.51. The number of nitrogens with zero attached hydrogens (tertiary/aromatic N) is 2. The van der Waals surface area contributed by atoms with Crippen LogP contribution in [0.3, 0.4) is 0 Å². The zero-order valence-electron chi connectivity index (χ0n) is 15.9. The maximum Gasteiger partial charge on any atom is 0.306 e. The van der Waals surface area contributed by atoms with Gasteiger partial charge in [-0.05, 0) is 44.2 Å². The molecule has 0 bridgehead atoms. The molecule has 7 heteroatoms. The van der Waals surface area contributed by atoms with Gasteiger partial charge in [-0.3, -0.25) is 9.59 Å². The first kappa shape index (κ1) is 20.8. The predicted molar refractivity (Wildman–Crippen MR) is 105 cm³/mol. The fourth-order valence-corrected chi connectivity index (χ4v) is 3.43. The molecule has 1 N–H and O–H groups in total. The van der Waals surface area contributed by atoms with Gasteiger partial charge in [-0.25, -0.2) is 4.98 Å². The van der Waals surface area contributed by atoms with E-state index in [-0.39, 0.29) is 18.9 Å². The Bertz CT molecular complexity index is 807. The molecule has 2 rings (SSSR count). The highest BCUT2D eigenvalue weighted by Crippen LogP contribution is 2.23. The first-order valence-electron chi connectivity index (χ1n) is 9.06. The van der Waals surface area contributed by atoms with E-state index in [0.717, 1.165) is 23.4 Å². The maximum atomic E-state index is 11.9. The zero-order chi connectivity index (χ0) is 19.9. The predicted octanol–water partition coefficient (Wildman–Crippen LogP) is 3.61. The lowest BCUT2D eigenvalue weighted by atomic mass is 9.90. The van der Waals surface area contributed by atoms with Crippen molar-refractivity contribution in [1.29, 1.82) is 5.26 Å². The number of rotatable bonds is 9. The summed E-state index contributed by atoms with van der Waals surface area (Å²) >= 11 is 1.67. The van der Waals surface area contributed by atoms with Crippen LogP contribution in [0.4, 0.5) is 0 Å². The molecule has 0 saturated carbocycles. The number of aromatic nitrogens is 1. The summed E-state index contributed by atoms with van der Waals surface area (Å²) in [6.45, 7) is 4.99. The third-order valence-corrected chi connectivity index (χ3v) is 5.61. The van der Waals surface area contributed by atoms with Crippen LogP contribution >= 0.6 is 11.3 Å². The fraction of sp³-hybridized carbons (Fsp3) is 0.500. The Morgan fingerprint density at radius 3 is 2.74 bits per heavy atom. The van der Waals surface area contributed by atoms with Crippen LogP contribution in [0.5, 0.6) is 0 Å². The number of esters is 1. The minimum atomic E-state index is -0.971. The normalized spacial score (nSPS) is 13.1. The van der Waals surface area contributed by atoms with Gasteiger partial charge in [0.05, 0.1) is 21.3 Å². The zero-order valence-corrected chi connectivity index (χ0v) is 16.8. The molecule has 0 aliphatic heterocycles. The molecule has 1 amide bonds. The van der Waals surface area contributed by atoms with Crippen LogP contribution in [0.1, 0.15) is 45.0 Å². The number of amides is 1. The van der Waals surface area contributed by atoms with E-state index in [2.05, 4.69) is 22.4 Å². The number of ether oxygens (including phenoxy) is 1. The fourth-order valence-electron chi connectivity index (χ4n) is 2.42. The van der Waals surface area contributed by atoms with E-state index < -0.39 is 17.4 Å². The molecule has 0 unspecified atom stereocenters. The first-order valence-corrected chi connectivity index (χ1v) is 9.88. The van der Waals surface area contributed by atoms with Gasteiger partial charge in [0.1, 0.15) is 5.54 Å². The van der Waals surface area contributed by atoms with Gasteiger partial charge in [0.25, 0.3) is 5.91 Å². The number of hydrogen-bond acceptors (Lipinski definition) is 6. The largest absolute Gasteiger partial charge is 0.456 e. The molecule has 1 heterocycles. The third kappa shape index (κ3) is 6.04. The molecule has 1 atom stereocenters. The van der Waals surface area contributed by atoms with Crippen LogP contribution in [-0.4, -0.2) is 29.0 Å². The van der Waals surface area contributed by atoms with Crippen molar-refractivity contribution >= 4 is 33.4 Å². The number of para-hydroxylation sites is 1. The molecule has 0 fully saturated rings. The summed E-state index contributed by atoms with van der Waals surface area (Å²) in [7, 11) is 0. The van der Waals surface area contributed by atoms with Crippen molar-refractivity contribution in [3.63, 3.8) is 0 Å². The van der Waals surface area contributed by atoms with E-state index in [1.54, 1.807) is 18.3 Å². The summed E-state index contributed by atoms with van der Waals surface area (Å²) in [5.74, 6) is -0.919. The highest BCUT2D eigenvalue weighted by molar-refractivity contribution is 7.18. The Morgan fingerprint density at radius 1 is 1.33 bits per heavy atom. The van der Waals surface area contributed by atoms with Crippen molar-refractivity contribution in [2.24, 2.45) is 5.92 Å². The summed E-state index contributed by atoms with van der Waals surface area (Å²) in [5, 5.41) is 12.9. The first-order chi connectivity index (χ1) is 12.8. The lowest BCUT2D eigenvalue weighted by Crippen LogP contribution is -2.50. The SMILES string of the molecule is CC(C)[C@@](C)(C#N)NC(=O)COC(=O)CCCCc1nc2ccccc2s1. The van der Waals surface area contributed by atoms with Crippen molar-refractivity contribution < 1.29 is 14.3 Å². The van der Waals surface area contributed by atoms with Crippen LogP contribution in [-0.2, 0) is 20.7 Å². The van der Waals surface area contributed by atoms with Crippen molar-refractivity contribution in [1.82, 2.24) is 10.3 Å². The van der Waals surface area contributed by atoms with E-state index in [1.807, 2.05) is 32.0 Å². The van der Waals surface area contributed by atoms with Gasteiger partial charge in [0.2, 0.25) is 0 Å². The number of unbranched alkanes of at least 4 members (excludes halogenated alkanes) is 1. The standard InChI is InChI=1S/C20H25N3O3S/c1-14(2)20(3,13-21)23-17(24)12-26-19(25)11-7-6-10-18-22-15-8-4-5-9-16(15)27-18/h4-5,8-9,14H,6-7,10-12H2,1-3H3,(H,23,24)/t20-/m1/s1. The number of benzene rings is 1. The molecule has 0 aliphatic rings. The van der Waals surface area contributed by atoms with E-state index in [4.69, 9.17) is 4.74 Å². The Labute approximate surface area is 163 Å². The van der Waals surface area contributed by atoms with E-state index in [9.17, 15) is 14.9 Å². The van der Waals surface area contributed by atoms with Gasteiger partial charge in [-0.1, -0.05) is 26.0 Å². The molecule has 0 saturated heterocycles. The van der Waals surface area contributed by atoms with E-state index in [1.165, 1.54) is 4.70 Å². The highest BCUT2D eigenvalue weighted by atomic mass is 32.1. The van der Waals surface area contributed by atoms with Crippen LogP contribution < -0.4 is 5.32 Å². The van der Waals surface area contributed by atoms with Gasteiger partial charge >= 0.3 is 5.97 Å². The lowest BCUT2D eigenvalue weighted by molar-refractivity contribution is -0.149. The second-order valence-corrected chi connectivity index (χ2v) is 8.08. The molecule has 0 aliphatic carbocycles. The molecule has 2 aromatic rings. The van der Waals surface area contributed by atoms with Crippen molar-refractivity contribution in [2.75, 3.05) is 6.61 Å². The van der Waals surface area contributed by atoms with E-state index in [0.29, 0.717) is 6.42 Å². The molecule has 0 spiro atoms. The molecule has 27 heavy (non-hydrogen) atoms. The van der Waals surface area contributed by atoms with Gasteiger partial charge in [-0.2, -0.15) is 5.26 Å². The van der Waals surface area contributed by atoms with Crippen molar-refractivity contribution in [3.05, 3.63) is 29.3 Å². The minimum Gasteiger partial charge on any atom is -0.456 e. The molecular formula is C20H25N3O3S. The number of thiazole rings is 1. The Kier molecular flexibility index (Phi) is 7.31. The van der Waals surface area contributed by atoms with Gasteiger partial charge in [0.15, 0.2) is 6.61 Å². The Hall–Kier alpha value is -2.46. The molecule has 144 valence electrons. The number of aryl methyl sites for hydroxylation is 1. The van der Waals surface area contributed by atoms with Gasteiger partial charge in [0, 0.05) is 6.42 Å². The second kappa shape index (κ2) is 9.47. The summed E-state index contributed by atoms with van der Waals surface area (Å²) in [6, 6.07) is 10.1. The lowest BCUT2D eigenvalue weighted by Gasteiger charge is -2.27. The maximum absolute atomic E-state index is 11.9. The van der Waals surface area contributed by atoms with Crippen LogP contribution in [0.2, 0.25) is 0 Å². The molecular weight excluding hydrogens is 362 g/mol. The summed E-state index contributed by atoms with van der Waals surface area (Å²) in [6.07, 6.45) is 2.60. The number of carbonyl (C=O) groups excluding carboxylic acids is 2. The van der Waals surface area contributed by atoms with Crippen LogP contribution in [0.25, 0.3) is 10.2 Å². The highest BCUT2D eigenvalue weighted by Gasteiger charge is 2.30. The van der Waals surface area contributed by atoms with Gasteiger partial charge < -0.3 is 10.1 Å². The average Bonchev–Trinajstić information content (AvgIpc) is 3.06. The average molecular weight is 388 g/mol. The van der Waals surface area contributed by atoms with Crippen molar-refractivity contribution in [2.45, 2.75) is 52.0 Å². The smallest absolute Gasteiger partial charge is 0.306 e. The summed E-state index contributed by atoms with van der Waals surface area (Å²) in [5.41, 5.74) is 0.0366. The monoisotopic (exact) mass is 387 g/mol. The molecule has 6 nitrogen and oxygen atoms in total. The Balaban J connectivity index is 1.66. The van der Waals surface area contributed by atoms with Gasteiger partial charge in [-0.15, -0.1) is 11.3 Å². The molecule has 0 radical (unpaired) electrons. The summed E-state index contributed by atoms with van der Waals surface area (Å²) < 4.78 is 6.17. The topological polar surface area (TPSA) is 92.1 Å². The molecule has 1 aromatic heterocycles. The second-order valence-electron chi connectivity index (χ2n) is 6.96. The number of fused-ring (bicyclic) bond motifs is 1. The number of hydrogen-bond donors (Lipinski definition) is 1. The molecule has 1 aromatic carbocycles. The van der Waals surface area contributed by atoms with E-state index >= 15 is 0 Å². The Morgan fingerprint density at radius 2 is 2.07 bits per heavy atom. The van der Waals surface area contributed by atoms with Crippen LogP contribution in [0.15, 0.2) is 24.3 Å². The number of carbonyl (C=O) groups is 2. The van der Waals surface area contributed by atoms with Crippen molar-refractivity contribution in [3.8, 4) is 6.07 Å². The summed E-state index contributed by atoms with van der Waals surface area (Å²) in [4.78, 5) is 28.2. The quantitative estimate of drug-likeness (QED) is 0.524. The minimum absolute atomic E-state index is 0.0512. The number of nitriles is 1. The number of nitrogens with one attached hydrogen (secondary N) is 1. The van der Waals surface area contributed by atoms with Crippen LogP contribution in [0, 0.1) is 17.2 Å².